The topological polar surface area (TPSA) is 41.5 Å². The molecule has 0 amide bonds. The fraction of sp³-hybridized carbons (Fsp3) is 0.625. The minimum Gasteiger partial charge on any atom is -0.387 e. The summed E-state index contributed by atoms with van der Waals surface area (Å²) in [7, 11) is 0. The molecule has 1 fully saturated rings. The summed E-state index contributed by atoms with van der Waals surface area (Å²) in [6.07, 6.45) is 2.17. The van der Waals surface area contributed by atoms with E-state index in [-0.39, 0.29) is 0 Å². The first-order valence-corrected chi connectivity index (χ1v) is 7.16. The van der Waals surface area contributed by atoms with E-state index in [1.54, 1.807) is 0 Å². The van der Waals surface area contributed by atoms with E-state index in [0.717, 1.165) is 31.6 Å². The van der Waals surface area contributed by atoms with Crippen LogP contribution in [-0.4, -0.2) is 30.9 Å². The van der Waals surface area contributed by atoms with Gasteiger partial charge >= 0.3 is 0 Å². The van der Waals surface area contributed by atoms with Crippen LogP contribution in [0.25, 0.3) is 0 Å². The maximum atomic E-state index is 10.3. The van der Waals surface area contributed by atoms with Crippen molar-refractivity contribution in [3.8, 4) is 0 Å². The van der Waals surface area contributed by atoms with Gasteiger partial charge < -0.3 is 15.2 Å². The van der Waals surface area contributed by atoms with Gasteiger partial charge in [-0.05, 0) is 50.3 Å². The van der Waals surface area contributed by atoms with Gasteiger partial charge in [0.2, 0.25) is 0 Å². The van der Waals surface area contributed by atoms with Crippen LogP contribution in [0.5, 0.6) is 0 Å². The molecule has 1 aliphatic rings. The molecule has 0 aromatic heterocycles. The van der Waals surface area contributed by atoms with Gasteiger partial charge in [0.15, 0.2) is 0 Å². The van der Waals surface area contributed by atoms with Crippen molar-refractivity contribution in [3.05, 3.63) is 34.4 Å². The summed E-state index contributed by atoms with van der Waals surface area (Å²) in [5.41, 5.74) is 4.65. The molecule has 2 N–H and O–H groups in total. The van der Waals surface area contributed by atoms with Gasteiger partial charge in [-0.2, -0.15) is 0 Å². The Hall–Kier alpha value is -0.900. The third-order valence-corrected chi connectivity index (χ3v) is 3.80. The molecule has 0 radical (unpaired) electrons. The number of benzene rings is 1. The van der Waals surface area contributed by atoms with E-state index in [2.05, 4.69) is 38.2 Å². The van der Waals surface area contributed by atoms with E-state index in [1.807, 2.05) is 0 Å². The molecule has 0 saturated carbocycles. The van der Waals surface area contributed by atoms with Crippen molar-refractivity contribution in [2.24, 2.45) is 0 Å². The number of aliphatic hydroxyl groups is 1. The lowest BCUT2D eigenvalue weighted by Crippen LogP contribution is -2.30. The van der Waals surface area contributed by atoms with Crippen molar-refractivity contribution >= 4 is 0 Å². The van der Waals surface area contributed by atoms with Crippen molar-refractivity contribution in [2.75, 3.05) is 19.7 Å². The molecule has 1 aromatic rings. The second-order valence-corrected chi connectivity index (χ2v) is 5.62. The fourth-order valence-electron chi connectivity index (χ4n) is 3.01. The van der Waals surface area contributed by atoms with Crippen LogP contribution in [0.1, 0.15) is 41.2 Å². The number of rotatable bonds is 5. The Morgan fingerprint density at radius 1 is 1.32 bits per heavy atom. The van der Waals surface area contributed by atoms with Crippen molar-refractivity contribution in [1.82, 2.24) is 5.32 Å². The molecule has 0 aliphatic carbocycles. The molecule has 3 heteroatoms. The van der Waals surface area contributed by atoms with Crippen LogP contribution in [0.2, 0.25) is 0 Å². The Balaban J connectivity index is 1.90. The van der Waals surface area contributed by atoms with Crippen LogP contribution in [0.4, 0.5) is 0 Å². The van der Waals surface area contributed by atoms with Crippen LogP contribution >= 0.6 is 0 Å². The molecule has 106 valence electrons. The van der Waals surface area contributed by atoms with Crippen molar-refractivity contribution < 1.29 is 9.84 Å². The van der Waals surface area contributed by atoms with Crippen molar-refractivity contribution in [3.63, 3.8) is 0 Å². The molecule has 1 heterocycles. The highest BCUT2D eigenvalue weighted by molar-refractivity contribution is 5.39. The first-order chi connectivity index (χ1) is 9.08. The lowest BCUT2D eigenvalue weighted by molar-refractivity contribution is 0.103. The second kappa shape index (κ2) is 6.51. The SMILES string of the molecule is Cc1cc(C)c(C(O)CNCC2CCCO2)c(C)c1. The number of aryl methyl sites for hydroxylation is 3. The fourth-order valence-corrected chi connectivity index (χ4v) is 3.01. The van der Waals surface area contributed by atoms with Crippen LogP contribution in [0.15, 0.2) is 12.1 Å². The first kappa shape index (κ1) is 14.5. The zero-order chi connectivity index (χ0) is 13.8. The number of ether oxygens (including phenoxy) is 1. The van der Waals surface area contributed by atoms with E-state index in [9.17, 15) is 5.11 Å². The van der Waals surface area contributed by atoms with Crippen molar-refractivity contribution in [2.45, 2.75) is 45.8 Å². The predicted molar refractivity (Wildman–Crippen MR) is 77.5 cm³/mol. The van der Waals surface area contributed by atoms with E-state index >= 15 is 0 Å². The maximum Gasteiger partial charge on any atom is 0.0919 e. The lowest BCUT2D eigenvalue weighted by Gasteiger charge is -2.19. The average molecular weight is 263 g/mol. The number of nitrogens with one attached hydrogen (secondary N) is 1. The zero-order valence-corrected chi connectivity index (χ0v) is 12.2. The Labute approximate surface area is 116 Å². The third kappa shape index (κ3) is 3.78. The molecular weight excluding hydrogens is 238 g/mol. The Bertz CT molecular complexity index is 402. The van der Waals surface area contributed by atoms with Gasteiger partial charge in [-0.25, -0.2) is 0 Å². The van der Waals surface area contributed by atoms with Gasteiger partial charge in [-0.3, -0.25) is 0 Å². The lowest BCUT2D eigenvalue weighted by atomic mass is 9.95. The molecule has 1 aromatic carbocycles. The predicted octanol–water partition coefficient (Wildman–Crippen LogP) is 2.41. The van der Waals surface area contributed by atoms with Gasteiger partial charge in [0, 0.05) is 19.7 Å². The summed E-state index contributed by atoms with van der Waals surface area (Å²) in [5, 5.41) is 13.7. The molecule has 19 heavy (non-hydrogen) atoms. The van der Waals surface area contributed by atoms with Crippen LogP contribution in [0, 0.1) is 20.8 Å². The summed E-state index contributed by atoms with van der Waals surface area (Å²) in [4.78, 5) is 0. The summed E-state index contributed by atoms with van der Waals surface area (Å²) in [6, 6.07) is 4.26. The molecule has 0 bridgehead atoms. The number of hydrogen-bond donors (Lipinski definition) is 2. The van der Waals surface area contributed by atoms with E-state index in [4.69, 9.17) is 4.74 Å². The molecule has 3 nitrogen and oxygen atoms in total. The third-order valence-electron chi connectivity index (χ3n) is 3.80. The van der Waals surface area contributed by atoms with Gasteiger partial charge in [-0.15, -0.1) is 0 Å². The standard InChI is InChI=1S/C16H25NO2/c1-11-7-12(2)16(13(3)8-11)15(18)10-17-9-14-5-4-6-19-14/h7-8,14-15,17-18H,4-6,9-10H2,1-3H3. The van der Waals surface area contributed by atoms with Crippen LogP contribution in [-0.2, 0) is 4.74 Å². The molecule has 1 saturated heterocycles. The van der Waals surface area contributed by atoms with Gasteiger partial charge in [-0.1, -0.05) is 17.7 Å². The Morgan fingerprint density at radius 2 is 2.00 bits per heavy atom. The van der Waals surface area contributed by atoms with Gasteiger partial charge in [0.25, 0.3) is 0 Å². The van der Waals surface area contributed by atoms with Crippen molar-refractivity contribution in [1.29, 1.82) is 0 Å². The first-order valence-electron chi connectivity index (χ1n) is 7.16. The summed E-state index contributed by atoms with van der Waals surface area (Å²) < 4.78 is 5.56. The smallest absolute Gasteiger partial charge is 0.0919 e. The summed E-state index contributed by atoms with van der Waals surface area (Å²) in [6.45, 7) is 8.53. The number of aliphatic hydroxyl groups excluding tert-OH is 1. The second-order valence-electron chi connectivity index (χ2n) is 5.62. The molecule has 2 unspecified atom stereocenters. The zero-order valence-electron chi connectivity index (χ0n) is 12.2. The summed E-state index contributed by atoms with van der Waals surface area (Å²) >= 11 is 0. The average Bonchev–Trinajstić information content (AvgIpc) is 2.80. The van der Waals surface area contributed by atoms with E-state index in [1.165, 1.54) is 16.7 Å². The molecule has 1 aliphatic heterocycles. The molecule has 0 spiro atoms. The maximum absolute atomic E-state index is 10.3. The highest BCUT2D eigenvalue weighted by Crippen LogP contribution is 2.23. The molecular formula is C16H25NO2. The van der Waals surface area contributed by atoms with Crippen LogP contribution in [0.3, 0.4) is 0 Å². The van der Waals surface area contributed by atoms with E-state index in [0.29, 0.717) is 12.6 Å². The Kier molecular flexibility index (Phi) is 4.97. The highest BCUT2D eigenvalue weighted by Gasteiger charge is 2.17. The minimum absolute atomic E-state index is 0.326. The number of hydrogen-bond acceptors (Lipinski definition) is 3. The normalized spacial score (nSPS) is 20.7. The van der Waals surface area contributed by atoms with Gasteiger partial charge in [0.1, 0.15) is 0 Å². The molecule has 2 atom stereocenters. The van der Waals surface area contributed by atoms with Crippen LogP contribution < -0.4 is 5.32 Å². The Morgan fingerprint density at radius 3 is 2.58 bits per heavy atom. The largest absolute Gasteiger partial charge is 0.387 e. The minimum atomic E-state index is -0.443. The quantitative estimate of drug-likeness (QED) is 0.857. The summed E-state index contributed by atoms with van der Waals surface area (Å²) in [5.74, 6) is 0. The highest BCUT2D eigenvalue weighted by atomic mass is 16.5. The van der Waals surface area contributed by atoms with E-state index < -0.39 is 6.10 Å². The molecule has 2 rings (SSSR count). The van der Waals surface area contributed by atoms with Gasteiger partial charge in [0.05, 0.1) is 12.2 Å². The monoisotopic (exact) mass is 263 g/mol.